The highest BCUT2D eigenvalue weighted by Gasteiger charge is 2.67. The zero-order valence-electron chi connectivity index (χ0n) is 16.4. The number of hydrogen-bond donors (Lipinski definition) is 2. The summed E-state index contributed by atoms with van der Waals surface area (Å²) in [7, 11) is 0. The molecule has 0 aliphatic heterocycles. The van der Waals surface area contributed by atoms with Gasteiger partial charge in [-0.3, -0.25) is 9.59 Å². The molecule has 1 heterocycles. The summed E-state index contributed by atoms with van der Waals surface area (Å²) < 4.78 is -1.32. The lowest BCUT2D eigenvalue weighted by Gasteiger charge is -2.09. The van der Waals surface area contributed by atoms with Crippen LogP contribution in [0, 0.1) is 5.92 Å². The third kappa shape index (κ3) is 5.45. The van der Waals surface area contributed by atoms with Gasteiger partial charge in [0.25, 0.3) is 5.91 Å². The molecule has 1 aliphatic carbocycles. The molecule has 1 saturated carbocycles. The Balaban J connectivity index is 1.46. The van der Waals surface area contributed by atoms with Crippen LogP contribution in [-0.4, -0.2) is 27.3 Å². The normalized spacial score (nSPS) is 18.8. The average molecular weight is 563 g/mol. The zero-order valence-corrected chi connectivity index (χ0v) is 21.0. The third-order valence-electron chi connectivity index (χ3n) is 4.85. The second-order valence-electron chi connectivity index (χ2n) is 7.09. The molecule has 3 aromatic rings. The van der Waals surface area contributed by atoms with Crippen LogP contribution >= 0.6 is 69.3 Å². The van der Waals surface area contributed by atoms with E-state index < -0.39 is 28.0 Å². The Labute approximate surface area is 217 Å². The van der Waals surface area contributed by atoms with Crippen LogP contribution in [0.1, 0.15) is 26.8 Å². The first-order valence-corrected chi connectivity index (χ1v) is 12.1. The number of rotatable bonds is 6. The molecule has 1 unspecified atom stereocenters. The number of halogens is 5. The van der Waals surface area contributed by atoms with Gasteiger partial charge in [0.1, 0.15) is 9.34 Å². The first-order valence-electron chi connectivity index (χ1n) is 9.34. The van der Waals surface area contributed by atoms with Gasteiger partial charge in [0.05, 0.1) is 22.7 Å². The quantitative estimate of drug-likeness (QED) is 0.207. The second kappa shape index (κ2) is 9.78. The van der Waals surface area contributed by atoms with Gasteiger partial charge in [-0.05, 0) is 42.0 Å². The van der Waals surface area contributed by atoms with Crippen molar-refractivity contribution in [2.24, 2.45) is 11.0 Å². The van der Waals surface area contributed by atoms with E-state index in [0.29, 0.717) is 26.3 Å². The summed E-state index contributed by atoms with van der Waals surface area (Å²) >= 11 is 32.4. The smallest absolute Gasteiger partial charge is 0.272 e. The summed E-state index contributed by atoms with van der Waals surface area (Å²) in [6.45, 7) is 0. The van der Waals surface area contributed by atoms with Crippen LogP contribution in [-0.2, 0) is 4.79 Å². The summed E-state index contributed by atoms with van der Waals surface area (Å²) in [6.07, 6.45) is 3.04. The van der Waals surface area contributed by atoms with Gasteiger partial charge in [0, 0.05) is 33.2 Å². The van der Waals surface area contributed by atoms with Gasteiger partial charge < -0.3 is 5.32 Å². The average Bonchev–Trinajstić information content (AvgIpc) is 3.06. The Bertz CT molecular complexity index is 1230. The monoisotopic (exact) mass is 560 g/mol. The molecule has 0 bridgehead atoms. The highest BCUT2D eigenvalue weighted by molar-refractivity contribution is 7.11. The Morgan fingerprint density at radius 3 is 2.48 bits per heavy atom. The van der Waals surface area contributed by atoms with E-state index in [1.807, 2.05) is 0 Å². The fraction of sp³-hybridized carbons (Fsp3) is 0.143. The number of alkyl halides is 2. The molecule has 6 nitrogen and oxygen atoms in total. The Morgan fingerprint density at radius 2 is 1.82 bits per heavy atom. The predicted octanol–water partition coefficient (Wildman–Crippen LogP) is 6.39. The summed E-state index contributed by atoms with van der Waals surface area (Å²) in [5.41, 5.74) is 3.51. The summed E-state index contributed by atoms with van der Waals surface area (Å²) in [5.74, 6) is -2.21. The number of carbonyl (C=O) groups excluding carboxylic acids is 2. The molecule has 0 saturated heterocycles. The third-order valence-corrected chi connectivity index (χ3v) is 7.27. The molecular weight excluding hydrogens is 550 g/mol. The number of aromatic nitrogens is 1. The van der Waals surface area contributed by atoms with Crippen LogP contribution in [0.15, 0.2) is 53.1 Å². The molecule has 2 aromatic carbocycles. The highest BCUT2D eigenvalue weighted by atomic mass is 35.5. The SMILES string of the molecule is O=C(NN=Cc1nccs1)c1cc(NC(=O)C2[C@@H](c3cc(Cl)cc(Cl)c3)C2(Cl)Cl)ccc1Cl. The molecule has 4 rings (SSSR count). The van der Waals surface area contributed by atoms with Crippen LogP contribution in [0.4, 0.5) is 5.69 Å². The predicted molar refractivity (Wildman–Crippen MR) is 134 cm³/mol. The van der Waals surface area contributed by atoms with E-state index in [2.05, 4.69) is 20.8 Å². The molecule has 0 radical (unpaired) electrons. The van der Waals surface area contributed by atoms with Crippen molar-refractivity contribution < 1.29 is 9.59 Å². The lowest BCUT2D eigenvalue weighted by atomic mass is 10.1. The number of nitrogens with zero attached hydrogens (tertiary/aromatic N) is 2. The van der Waals surface area contributed by atoms with Crippen molar-refractivity contribution in [3.8, 4) is 0 Å². The topological polar surface area (TPSA) is 83.4 Å². The zero-order chi connectivity index (χ0) is 23.8. The van der Waals surface area contributed by atoms with Gasteiger partial charge in [-0.25, -0.2) is 10.4 Å². The van der Waals surface area contributed by atoms with Crippen molar-refractivity contribution in [2.75, 3.05) is 5.32 Å². The largest absolute Gasteiger partial charge is 0.326 e. The Kier molecular flexibility index (Phi) is 7.19. The van der Waals surface area contributed by atoms with Gasteiger partial charge in [-0.15, -0.1) is 34.5 Å². The molecule has 33 heavy (non-hydrogen) atoms. The lowest BCUT2D eigenvalue weighted by Crippen LogP contribution is -2.20. The van der Waals surface area contributed by atoms with Crippen LogP contribution in [0.2, 0.25) is 15.1 Å². The Morgan fingerprint density at radius 1 is 1.09 bits per heavy atom. The molecule has 1 aromatic heterocycles. The number of carbonyl (C=O) groups is 2. The van der Waals surface area contributed by atoms with Gasteiger partial charge in [0.15, 0.2) is 0 Å². The maximum Gasteiger partial charge on any atom is 0.272 e. The van der Waals surface area contributed by atoms with E-state index in [1.54, 1.807) is 35.8 Å². The number of anilines is 1. The standard InChI is InChI=1S/C21H13Cl5N4O2S/c22-11-5-10(6-12(23)7-11)17-18(21(17,25)26)20(32)29-13-1-2-15(24)14(8-13)19(31)30-28-9-16-27-3-4-33-16/h1-9,17-18H,(H,29,32)(H,30,31)/t17-,18?/m1/s1. The highest BCUT2D eigenvalue weighted by Crippen LogP contribution is 2.65. The molecule has 1 aliphatic rings. The molecule has 170 valence electrons. The fourth-order valence-corrected chi connectivity index (χ4v) is 5.39. The van der Waals surface area contributed by atoms with E-state index in [-0.39, 0.29) is 10.6 Å². The first kappa shape index (κ1) is 24.3. The van der Waals surface area contributed by atoms with Crippen molar-refractivity contribution >= 4 is 93.1 Å². The molecule has 2 atom stereocenters. The van der Waals surface area contributed by atoms with Crippen molar-refractivity contribution in [3.05, 3.63) is 79.2 Å². The summed E-state index contributed by atoms with van der Waals surface area (Å²) in [4.78, 5) is 29.4. The first-order chi connectivity index (χ1) is 15.7. The number of amides is 2. The van der Waals surface area contributed by atoms with Crippen molar-refractivity contribution in [2.45, 2.75) is 10.3 Å². The van der Waals surface area contributed by atoms with E-state index in [9.17, 15) is 9.59 Å². The molecule has 1 fully saturated rings. The summed E-state index contributed by atoms with van der Waals surface area (Å²) in [5, 5.41) is 10.0. The number of hydrazone groups is 1. The van der Waals surface area contributed by atoms with E-state index in [0.717, 1.165) is 0 Å². The second-order valence-corrected chi connectivity index (χ2v) is 10.7. The van der Waals surface area contributed by atoms with Crippen molar-refractivity contribution in [3.63, 3.8) is 0 Å². The molecule has 12 heteroatoms. The van der Waals surface area contributed by atoms with Crippen LogP contribution < -0.4 is 10.7 Å². The van der Waals surface area contributed by atoms with Crippen molar-refractivity contribution in [1.82, 2.24) is 10.4 Å². The minimum absolute atomic E-state index is 0.128. The fourth-order valence-electron chi connectivity index (χ4n) is 3.32. The number of hydrogen-bond acceptors (Lipinski definition) is 5. The molecule has 0 spiro atoms. The number of thiazole rings is 1. The van der Waals surface area contributed by atoms with Gasteiger partial charge in [-0.2, -0.15) is 5.10 Å². The Hall–Kier alpha value is -1.87. The molecule has 2 N–H and O–H groups in total. The molecule has 2 amide bonds. The minimum Gasteiger partial charge on any atom is -0.326 e. The maximum absolute atomic E-state index is 12.9. The van der Waals surface area contributed by atoms with Crippen LogP contribution in [0.25, 0.3) is 0 Å². The number of benzene rings is 2. The maximum atomic E-state index is 12.9. The van der Waals surface area contributed by atoms with Gasteiger partial charge in [-0.1, -0.05) is 34.8 Å². The minimum atomic E-state index is -1.32. The number of nitrogens with one attached hydrogen (secondary N) is 2. The summed E-state index contributed by atoms with van der Waals surface area (Å²) in [6, 6.07) is 9.41. The van der Waals surface area contributed by atoms with Crippen molar-refractivity contribution in [1.29, 1.82) is 0 Å². The van der Waals surface area contributed by atoms with Crippen LogP contribution in [0.5, 0.6) is 0 Å². The van der Waals surface area contributed by atoms with E-state index in [1.165, 1.54) is 29.7 Å². The molecular formula is C21H13Cl5N4O2S. The van der Waals surface area contributed by atoms with Gasteiger partial charge in [0.2, 0.25) is 5.91 Å². The van der Waals surface area contributed by atoms with Gasteiger partial charge >= 0.3 is 0 Å². The van der Waals surface area contributed by atoms with Crippen LogP contribution in [0.3, 0.4) is 0 Å². The lowest BCUT2D eigenvalue weighted by molar-refractivity contribution is -0.117. The van der Waals surface area contributed by atoms with E-state index in [4.69, 9.17) is 58.0 Å². The van der Waals surface area contributed by atoms with E-state index >= 15 is 0 Å².